The van der Waals surface area contributed by atoms with Crippen molar-refractivity contribution in [2.75, 3.05) is 20.2 Å². The van der Waals surface area contributed by atoms with Crippen molar-refractivity contribution < 1.29 is 18.7 Å². The second-order valence-electron chi connectivity index (χ2n) is 7.49. The summed E-state index contributed by atoms with van der Waals surface area (Å²) >= 11 is 0. The van der Waals surface area contributed by atoms with Gasteiger partial charge in [0.05, 0.1) is 13.5 Å². The molecule has 0 unspecified atom stereocenters. The van der Waals surface area contributed by atoms with Crippen molar-refractivity contribution in [1.82, 2.24) is 10.2 Å². The highest BCUT2D eigenvalue weighted by molar-refractivity contribution is 5.95. The van der Waals surface area contributed by atoms with E-state index >= 15 is 0 Å². The first kappa shape index (κ1) is 21.6. The maximum Gasteiger partial charge on any atom is 0.244 e. The first-order valence-corrected chi connectivity index (χ1v) is 10.1. The third-order valence-electron chi connectivity index (χ3n) is 5.38. The van der Waals surface area contributed by atoms with Crippen LogP contribution in [-0.2, 0) is 16.0 Å². The first-order valence-electron chi connectivity index (χ1n) is 10.1. The van der Waals surface area contributed by atoms with Crippen molar-refractivity contribution in [3.63, 3.8) is 0 Å². The zero-order valence-corrected chi connectivity index (χ0v) is 17.4. The number of amides is 2. The van der Waals surface area contributed by atoms with Crippen molar-refractivity contribution in [1.29, 1.82) is 0 Å². The number of methoxy groups -OCH3 is 1. The Kier molecular flexibility index (Phi) is 7.22. The van der Waals surface area contributed by atoms with Gasteiger partial charge in [-0.2, -0.15) is 0 Å². The standard InChI is InChI=1S/C24H27FN2O3/c1-17(18-7-9-20(25)10-8-18)15-23(28)26-21-11-13-27(14-12-21)24(29)16-19-5-3-4-6-22(19)30-2/h3-10,15,21H,11-14,16H2,1-2H3,(H,26,28)/b17-15+. The molecule has 1 heterocycles. The van der Waals surface area contributed by atoms with Crippen LogP contribution in [0.3, 0.4) is 0 Å². The number of hydrogen-bond acceptors (Lipinski definition) is 3. The van der Waals surface area contributed by atoms with Crippen LogP contribution < -0.4 is 10.1 Å². The van der Waals surface area contributed by atoms with Gasteiger partial charge in [-0.25, -0.2) is 4.39 Å². The predicted octanol–water partition coefficient (Wildman–Crippen LogP) is 3.59. The van der Waals surface area contributed by atoms with E-state index in [4.69, 9.17) is 4.74 Å². The minimum atomic E-state index is -0.303. The number of piperidine rings is 1. The van der Waals surface area contributed by atoms with E-state index in [1.54, 1.807) is 19.2 Å². The molecular weight excluding hydrogens is 383 g/mol. The molecule has 0 spiro atoms. The van der Waals surface area contributed by atoms with Gasteiger partial charge in [-0.15, -0.1) is 0 Å². The number of benzene rings is 2. The number of rotatable bonds is 6. The summed E-state index contributed by atoms with van der Waals surface area (Å²) in [6.07, 6.45) is 3.27. The monoisotopic (exact) mass is 410 g/mol. The van der Waals surface area contributed by atoms with Gasteiger partial charge in [0.2, 0.25) is 11.8 Å². The predicted molar refractivity (Wildman–Crippen MR) is 114 cm³/mol. The Hall–Kier alpha value is -3.15. The Morgan fingerprint density at radius 3 is 2.47 bits per heavy atom. The number of nitrogens with zero attached hydrogens (tertiary/aromatic N) is 1. The number of carbonyl (C=O) groups excluding carboxylic acids is 2. The van der Waals surface area contributed by atoms with Crippen LogP contribution >= 0.6 is 0 Å². The average Bonchev–Trinajstić information content (AvgIpc) is 2.75. The number of nitrogens with one attached hydrogen (secondary N) is 1. The average molecular weight is 410 g/mol. The number of likely N-dealkylation sites (tertiary alicyclic amines) is 1. The summed E-state index contributed by atoms with van der Waals surface area (Å²) in [6, 6.07) is 13.6. The minimum Gasteiger partial charge on any atom is -0.496 e. The van der Waals surface area contributed by atoms with Crippen LogP contribution in [0, 0.1) is 5.82 Å². The van der Waals surface area contributed by atoms with Gasteiger partial charge in [0.15, 0.2) is 0 Å². The zero-order valence-electron chi connectivity index (χ0n) is 17.4. The minimum absolute atomic E-state index is 0.0325. The molecule has 2 amide bonds. The van der Waals surface area contributed by atoms with Crippen LogP contribution in [0.2, 0.25) is 0 Å². The summed E-state index contributed by atoms with van der Waals surface area (Å²) < 4.78 is 18.4. The van der Waals surface area contributed by atoms with Crippen molar-refractivity contribution in [2.45, 2.75) is 32.2 Å². The molecular formula is C24H27FN2O3. The van der Waals surface area contributed by atoms with Gasteiger partial charge in [-0.05, 0) is 49.1 Å². The molecule has 1 fully saturated rings. The van der Waals surface area contributed by atoms with E-state index < -0.39 is 0 Å². The molecule has 3 rings (SSSR count). The van der Waals surface area contributed by atoms with Crippen LogP contribution in [-0.4, -0.2) is 43.0 Å². The Balaban J connectivity index is 1.49. The molecule has 158 valence electrons. The molecule has 0 atom stereocenters. The number of halogens is 1. The van der Waals surface area contributed by atoms with E-state index in [-0.39, 0.29) is 23.7 Å². The lowest BCUT2D eigenvalue weighted by molar-refractivity contribution is -0.131. The van der Waals surface area contributed by atoms with Crippen LogP contribution in [0.5, 0.6) is 5.75 Å². The number of allylic oxidation sites excluding steroid dienone is 1. The van der Waals surface area contributed by atoms with Gasteiger partial charge in [-0.3, -0.25) is 9.59 Å². The number of ether oxygens (including phenoxy) is 1. The highest BCUT2D eigenvalue weighted by Crippen LogP contribution is 2.20. The zero-order chi connectivity index (χ0) is 21.5. The van der Waals surface area contributed by atoms with E-state index in [1.165, 1.54) is 18.2 Å². The molecule has 6 heteroatoms. The van der Waals surface area contributed by atoms with Crippen LogP contribution in [0.1, 0.15) is 30.9 Å². The van der Waals surface area contributed by atoms with Crippen LogP contribution in [0.15, 0.2) is 54.6 Å². The second-order valence-corrected chi connectivity index (χ2v) is 7.49. The van der Waals surface area contributed by atoms with Crippen LogP contribution in [0.4, 0.5) is 4.39 Å². The SMILES string of the molecule is COc1ccccc1CC(=O)N1CCC(NC(=O)/C=C(\C)c2ccc(F)cc2)CC1. The van der Waals surface area contributed by atoms with E-state index in [0.717, 1.165) is 22.4 Å². The van der Waals surface area contributed by atoms with E-state index in [2.05, 4.69) is 5.32 Å². The topological polar surface area (TPSA) is 58.6 Å². The maximum atomic E-state index is 13.0. The third kappa shape index (κ3) is 5.69. The van der Waals surface area contributed by atoms with E-state index in [1.807, 2.05) is 36.1 Å². The molecule has 0 aromatic heterocycles. The van der Waals surface area contributed by atoms with Crippen molar-refractivity contribution in [2.24, 2.45) is 0 Å². The molecule has 0 radical (unpaired) electrons. The largest absolute Gasteiger partial charge is 0.496 e. The Morgan fingerprint density at radius 1 is 1.13 bits per heavy atom. The summed E-state index contributed by atoms with van der Waals surface area (Å²) in [4.78, 5) is 26.8. The fraction of sp³-hybridized carbons (Fsp3) is 0.333. The van der Waals surface area contributed by atoms with Gasteiger partial charge in [0, 0.05) is 30.8 Å². The maximum absolute atomic E-state index is 13.0. The molecule has 2 aromatic rings. The Morgan fingerprint density at radius 2 is 1.80 bits per heavy atom. The highest BCUT2D eigenvalue weighted by Gasteiger charge is 2.24. The fourth-order valence-corrected chi connectivity index (χ4v) is 3.63. The second kappa shape index (κ2) is 10.1. The molecule has 1 N–H and O–H groups in total. The normalized spacial score (nSPS) is 15.0. The molecule has 0 bridgehead atoms. The number of carbonyl (C=O) groups is 2. The summed E-state index contributed by atoms with van der Waals surface area (Å²) in [5, 5.41) is 3.01. The molecule has 1 aliphatic rings. The van der Waals surface area contributed by atoms with Crippen LogP contribution in [0.25, 0.3) is 5.57 Å². The fourth-order valence-electron chi connectivity index (χ4n) is 3.63. The molecule has 30 heavy (non-hydrogen) atoms. The van der Waals surface area contributed by atoms with Gasteiger partial charge in [0.25, 0.3) is 0 Å². The van der Waals surface area contributed by atoms with Gasteiger partial charge < -0.3 is 15.0 Å². The summed E-state index contributed by atoms with van der Waals surface area (Å²) in [7, 11) is 1.60. The van der Waals surface area contributed by atoms with Crippen molar-refractivity contribution in [3.05, 3.63) is 71.6 Å². The molecule has 1 aliphatic heterocycles. The van der Waals surface area contributed by atoms with Crippen molar-refractivity contribution in [3.8, 4) is 5.75 Å². The lowest BCUT2D eigenvalue weighted by Gasteiger charge is -2.32. The first-order chi connectivity index (χ1) is 14.5. The van der Waals surface area contributed by atoms with Crippen molar-refractivity contribution >= 4 is 17.4 Å². The quantitative estimate of drug-likeness (QED) is 0.741. The number of para-hydroxylation sites is 1. The van der Waals surface area contributed by atoms with Gasteiger partial charge in [0.1, 0.15) is 11.6 Å². The molecule has 1 saturated heterocycles. The van der Waals surface area contributed by atoms with Gasteiger partial charge >= 0.3 is 0 Å². The lowest BCUT2D eigenvalue weighted by Crippen LogP contribution is -2.46. The van der Waals surface area contributed by atoms with E-state index in [0.29, 0.717) is 32.4 Å². The molecule has 0 aliphatic carbocycles. The van der Waals surface area contributed by atoms with E-state index in [9.17, 15) is 14.0 Å². The number of hydrogen-bond donors (Lipinski definition) is 1. The Labute approximate surface area is 176 Å². The molecule has 0 saturated carbocycles. The summed E-state index contributed by atoms with van der Waals surface area (Å²) in [5.74, 6) is 0.311. The Bertz CT molecular complexity index is 916. The highest BCUT2D eigenvalue weighted by atomic mass is 19.1. The summed E-state index contributed by atoms with van der Waals surface area (Å²) in [6.45, 7) is 3.05. The lowest BCUT2D eigenvalue weighted by atomic mass is 10.0. The van der Waals surface area contributed by atoms with Gasteiger partial charge in [-0.1, -0.05) is 30.3 Å². The molecule has 5 nitrogen and oxygen atoms in total. The summed E-state index contributed by atoms with van der Waals surface area (Å²) in [5.41, 5.74) is 2.46. The molecule has 2 aromatic carbocycles. The third-order valence-corrected chi connectivity index (χ3v) is 5.38. The smallest absolute Gasteiger partial charge is 0.244 e.